The molecule has 0 radical (unpaired) electrons. The van der Waals surface area contributed by atoms with Crippen LogP contribution in [0.3, 0.4) is 0 Å². The van der Waals surface area contributed by atoms with Crippen LogP contribution in [0.1, 0.15) is 103 Å². The van der Waals surface area contributed by atoms with E-state index in [1.807, 2.05) is 0 Å². The molecule has 1 heterocycles. The van der Waals surface area contributed by atoms with Crippen molar-refractivity contribution in [3.63, 3.8) is 0 Å². The number of ether oxygens (including phenoxy) is 2. The molecule has 1 aliphatic heterocycles. The number of carbonyl (C=O) groups excluding carboxylic acids is 1. The van der Waals surface area contributed by atoms with Gasteiger partial charge in [0.15, 0.2) is 6.10 Å². The fourth-order valence-corrected chi connectivity index (χ4v) is 3.85. The Bertz CT molecular complexity index is 403. The van der Waals surface area contributed by atoms with Gasteiger partial charge in [0, 0.05) is 6.42 Å². The second kappa shape index (κ2) is 17.0. The third kappa shape index (κ3) is 11.9. The van der Waals surface area contributed by atoms with Crippen LogP contribution in [0.2, 0.25) is 0 Å². The zero-order chi connectivity index (χ0) is 21.3. The number of rotatable bonds is 18. The SMILES string of the molecule is CCCCCCCCCCCCCCCCC(=O)O[C@@H]1CO[C@H]([C@H](O)CO)[C@@H]1O. The molecule has 0 amide bonds. The Kier molecular flexibility index (Phi) is 15.5. The highest BCUT2D eigenvalue weighted by Gasteiger charge is 2.42. The quantitative estimate of drug-likeness (QED) is 0.232. The van der Waals surface area contributed by atoms with E-state index in [1.165, 1.54) is 70.6 Å². The van der Waals surface area contributed by atoms with Gasteiger partial charge in [-0.05, 0) is 6.42 Å². The lowest BCUT2D eigenvalue weighted by Gasteiger charge is -2.20. The zero-order valence-corrected chi connectivity index (χ0v) is 18.4. The first-order valence-electron chi connectivity index (χ1n) is 11.9. The van der Waals surface area contributed by atoms with Crippen LogP contribution >= 0.6 is 0 Å². The third-order valence-corrected chi connectivity index (χ3v) is 5.75. The molecule has 3 N–H and O–H groups in total. The van der Waals surface area contributed by atoms with Gasteiger partial charge >= 0.3 is 5.97 Å². The summed E-state index contributed by atoms with van der Waals surface area (Å²) >= 11 is 0. The highest BCUT2D eigenvalue weighted by molar-refractivity contribution is 5.69. The Balaban J connectivity index is 1.90. The molecule has 0 bridgehead atoms. The van der Waals surface area contributed by atoms with E-state index in [0.717, 1.165) is 19.3 Å². The zero-order valence-electron chi connectivity index (χ0n) is 18.4. The summed E-state index contributed by atoms with van der Waals surface area (Å²) in [5.41, 5.74) is 0. The van der Waals surface area contributed by atoms with Gasteiger partial charge in [-0.3, -0.25) is 4.79 Å². The fourth-order valence-electron chi connectivity index (χ4n) is 3.85. The average molecular weight is 417 g/mol. The number of unbranched alkanes of at least 4 members (excludes halogenated alkanes) is 13. The van der Waals surface area contributed by atoms with Crippen molar-refractivity contribution < 1.29 is 29.6 Å². The second-order valence-corrected chi connectivity index (χ2v) is 8.41. The van der Waals surface area contributed by atoms with Crippen molar-refractivity contribution in [2.24, 2.45) is 0 Å². The molecule has 0 aromatic heterocycles. The van der Waals surface area contributed by atoms with Crippen LogP contribution in [0.25, 0.3) is 0 Å². The van der Waals surface area contributed by atoms with Crippen LogP contribution in [0.15, 0.2) is 0 Å². The molecular formula is C23H44O6. The fraction of sp³-hybridized carbons (Fsp3) is 0.957. The van der Waals surface area contributed by atoms with Gasteiger partial charge in [-0.1, -0.05) is 90.4 Å². The molecule has 0 unspecified atom stereocenters. The van der Waals surface area contributed by atoms with Crippen molar-refractivity contribution in [3.8, 4) is 0 Å². The van der Waals surface area contributed by atoms with Crippen LogP contribution < -0.4 is 0 Å². The Morgan fingerprint density at radius 2 is 1.41 bits per heavy atom. The van der Waals surface area contributed by atoms with E-state index in [1.54, 1.807) is 0 Å². The minimum absolute atomic E-state index is 0.0490. The van der Waals surface area contributed by atoms with Gasteiger partial charge in [0.25, 0.3) is 0 Å². The van der Waals surface area contributed by atoms with E-state index in [4.69, 9.17) is 14.6 Å². The monoisotopic (exact) mass is 416 g/mol. The minimum Gasteiger partial charge on any atom is -0.457 e. The van der Waals surface area contributed by atoms with E-state index in [-0.39, 0.29) is 12.6 Å². The van der Waals surface area contributed by atoms with E-state index >= 15 is 0 Å². The Labute approximate surface area is 177 Å². The molecule has 6 nitrogen and oxygen atoms in total. The summed E-state index contributed by atoms with van der Waals surface area (Å²) in [5, 5.41) is 28.5. The maximum atomic E-state index is 11.9. The molecule has 0 aromatic rings. The number of aliphatic hydroxyl groups is 3. The maximum Gasteiger partial charge on any atom is 0.306 e. The molecule has 6 heteroatoms. The molecule has 1 rings (SSSR count). The van der Waals surface area contributed by atoms with Gasteiger partial charge in [-0.25, -0.2) is 0 Å². The summed E-state index contributed by atoms with van der Waals surface area (Å²) in [5.74, 6) is -0.337. The smallest absolute Gasteiger partial charge is 0.306 e. The summed E-state index contributed by atoms with van der Waals surface area (Å²) < 4.78 is 10.5. The molecule has 1 fully saturated rings. The highest BCUT2D eigenvalue weighted by atomic mass is 16.6. The Morgan fingerprint density at radius 1 is 0.931 bits per heavy atom. The molecule has 0 aliphatic carbocycles. The Hall–Kier alpha value is -0.690. The summed E-state index contributed by atoms with van der Waals surface area (Å²) in [6, 6.07) is 0. The predicted octanol–water partition coefficient (Wildman–Crippen LogP) is 3.88. The van der Waals surface area contributed by atoms with Gasteiger partial charge in [-0.15, -0.1) is 0 Å². The van der Waals surface area contributed by atoms with Gasteiger partial charge in [0.05, 0.1) is 13.2 Å². The van der Waals surface area contributed by atoms with Gasteiger partial charge in [0.2, 0.25) is 0 Å². The molecule has 4 atom stereocenters. The summed E-state index contributed by atoms with van der Waals surface area (Å²) in [7, 11) is 0. The number of hydrogen-bond acceptors (Lipinski definition) is 6. The first-order chi connectivity index (χ1) is 14.1. The molecule has 0 aromatic carbocycles. The average Bonchev–Trinajstić information content (AvgIpc) is 3.07. The lowest BCUT2D eigenvalue weighted by molar-refractivity contribution is -0.153. The number of esters is 1. The van der Waals surface area contributed by atoms with Crippen LogP contribution in [0.4, 0.5) is 0 Å². The van der Waals surface area contributed by atoms with Crippen LogP contribution in [-0.2, 0) is 14.3 Å². The maximum absolute atomic E-state index is 11.9. The molecular weight excluding hydrogens is 372 g/mol. The molecule has 172 valence electrons. The molecule has 29 heavy (non-hydrogen) atoms. The van der Waals surface area contributed by atoms with Gasteiger partial charge in [0.1, 0.15) is 18.3 Å². The number of hydrogen-bond donors (Lipinski definition) is 3. The molecule has 0 spiro atoms. The lowest BCUT2D eigenvalue weighted by Crippen LogP contribution is -2.41. The third-order valence-electron chi connectivity index (χ3n) is 5.75. The lowest BCUT2D eigenvalue weighted by atomic mass is 10.0. The largest absolute Gasteiger partial charge is 0.457 e. The molecule has 1 saturated heterocycles. The first kappa shape index (κ1) is 26.3. The minimum atomic E-state index is -1.17. The highest BCUT2D eigenvalue weighted by Crippen LogP contribution is 2.21. The van der Waals surface area contributed by atoms with Crippen LogP contribution in [0, 0.1) is 0 Å². The van der Waals surface area contributed by atoms with Crippen molar-refractivity contribution in [2.45, 2.75) is 128 Å². The van der Waals surface area contributed by atoms with E-state index in [0.29, 0.717) is 6.42 Å². The van der Waals surface area contributed by atoms with Crippen LogP contribution in [-0.4, -0.2) is 58.9 Å². The van der Waals surface area contributed by atoms with E-state index in [2.05, 4.69) is 6.92 Å². The van der Waals surface area contributed by atoms with Crippen molar-refractivity contribution in [1.82, 2.24) is 0 Å². The number of carbonyl (C=O) groups is 1. The van der Waals surface area contributed by atoms with E-state index < -0.39 is 31.0 Å². The summed E-state index contributed by atoms with van der Waals surface area (Å²) in [6.45, 7) is 1.81. The first-order valence-corrected chi connectivity index (χ1v) is 11.9. The number of aliphatic hydroxyl groups excluding tert-OH is 3. The van der Waals surface area contributed by atoms with Crippen molar-refractivity contribution in [3.05, 3.63) is 0 Å². The Morgan fingerprint density at radius 3 is 1.90 bits per heavy atom. The normalized spacial score (nSPS) is 22.7. The topological polar surface area (TPSA) is 96.2 Å². The van der Waals surface area contributed by atoms with Crippen molar-refractivity contribution in [2.75, 3.05) is 13.2 Å². The van der Waals surface area contributed by atoms with Crippen molar-refractivity contribution in [1.29, 1.82) is 0 Å². The molecule has 1 aliphatic rings. The van der Waals surface area contributed by atoms with Crippen LogP contribution in [0.5, 0.6) is 0 Å². The van der Waals surface area contributed by atoms with Crippen molar-refractivity contribution >= 4 is 5.97 Å². The second-order valence-electron chi connectivity index (χ2n) is 8.41. The summed E-state index contributed by atoms with van der Waals surface area (Å²) in [4.78, 5) is 11.9. The van der Waals surface area contributed by atoms with Gasteiger partial charge < -0.3 is 24.8 Å². The summed E-state index contributed by atoms with van der Waals surface area (Å²) in [6.07, 6.45) is 14.2. The standard InChI is InChI=1S/C23H44O6/c1-2-3-4-5-6-7-8-9-10-11-12-13-14-15-16-21(26)29-20-18-28-23(22(20)27)19(25)17-24/h19-20,22-25,27H,2-18H2,1H3/t19-,20-,22-,23-/m1/s1. The molecule has 0 saturated carbocycles. The van der Waals surface area contributed by atoms with E-state index in [9.17, 15) is 15.0 Å². The van der Waals surface area contributed by atoms with Gasteiger partial charge in [-0.2, -0.15) is 0 Å². The predicted molar refractivity (Wildman–Crippen MR) is 114 cm³/mol.